The van der Waals surface area contributed by atoms with Crippen LogP contribution in [-0.4, -0.2) is 47.8 Å². The van der Waals surface area contributed by atoms with E-state index in [1.54, 1.807) is 52.0 Å². The van der Waals surface area contributed by atoms with Crippen LogP contribution in [0.25, 0.3) is 28.1 Å². The van der Waals surface area contributed by atoms with E-state index < -0.39 is 6.09 Å². The minimum Gasteiger partial charge on any atom is -0.465 e. The predicted molar refractivity (Wildman–Crippen MR) is 148 cm³/mol. The van der Waals surface area contributed by atoms with Crippen LogP contribution in [0.4, 0.5) is 10.5 Å². The van der Waals surface area contributed by atoms with Gasteiger partial charge >= 0.3 is 6.09 Å². The summed E-state index contributed by atoms with van der Waals surface area (Å²) in [6.07, 6.45) is 3.70. The van der Waals surface area contributed by atoms with Crippen molar-refractivity contribution in [3.8, 4) is 28.1 Å². The van der Waals surface area contributed by atoms with Crippen molar-refractivity contribution in [2.24, 2.45) is 0 Å². The standard InChI is InChI=1S/C27H21Cl2N7O3/c1-34(27(38)39)18-5-2-15(3-6-18)21-13-30-26(31-21)23-9-7-19-10-16(11-25(37)36(19)23)20-12-17(28)4-8-22(20)35-14-24(29)32-33-35/h2-6,8,10-14,23H,7,9H2,1H3,(H,30,31)(H,38,39)/t23-/m0/s1. The molecule has 0 bridgehead atoms. The molecule has 10 nitrogen and oxygen atoms in total. The summed E-state index contributed by atoms with van der Waals surface area (Å²) >= 11 is 12.3. The topological polar surface area (TPSA) is 122 Å². The number of H-pyrrole nitrogens is 1. The zero-order valence-electron chi connectivity index (χ0n) is 20.5. The van der Waals surface area contributed by atoms with E-state index in [0.717, 1.165) is 39.4 Å². The molecule has 0 fully saturated rings. The van der Waals surface area contributed by atoms with Gasteiger partial charge in [-0.25, -0.2) is 14.5 Å². The van der Waals surface area contributed by atoms with Crippen LogP contribution in [0.1, 0.15) is 24.0 Å². The smallest absolute Gasteiger partial charge is 0.411 e. The molecule has 0 saturated carbocycles. The first-order valence-electron chi connectivity index (χ1n) is 12.0. The van der Waals surface area contributed by atoms with Gasteiger partial charge in [-0.2, -0.15) is 0 Å². The van der Waals surface area contributed by atoms with E-state index in [4.69, 9.17) is 23.2 Å². The molecular formula is C27H21Cl2N7O3. The highest BCUT2D eigenvalue weighted by Crippen LogP contribution is 2.34. The van der Waals surface area contributed by atoms with Crippen LogP contribution in [0.3, 0.4) is 0 Å². The molecule has 4 heterocycles. The molecule has 0 unspecified atom stereocenters. The average molecular weight is 562 g/mol. The molecule has 0 radical (unpaired) electrons. The second-order valence-corrected chi connectivity index (χ2v) is 10.0. The number of aryl methyl sites for hydroxylation is 1. The molecule has 0 spiro atoms. The number of nitrogens with one attached hydrogen (secondary N) is 1. The quantitative estimate of drug-likeness (QED) is 0.294. The van der Waals surface area contributed by atoms with Gasteiger partial charge < -0.3 is 14.7 Å². The number of anilines is 1. The number of aromatic amines is 1. The second kappa shape index (κ2) is 9.72. The molecule has 1 aliphatic heterocycles. The summed E-state index contributed by atoms with van der Waals surface area (Å²) in [6, 6.07) is 15.8. The van der Waals surface area contributed by atoms with Gasteiger partial charge in [0.15, 0.2) is 5.15 Å². The third kappa shape index (κ3) is 4.58. The van der Waals surface area contributed by atoms with Gasteiger partial charge in [-0.05, 0) is 60.4 Å². The molecule has 1 atom stereocenters. The van der Waals surface area contributed by atoms with E-state index >= 15 is 0 Å². The number of aromatic nitrogens is 6. The maximum atomic E-state index is 13.4. The van der Waals surface area contributed by atoms with E-state index in [2.05, 4.69) is 20.3 Å². The van der Waals surface area contributed by atoms with E-state index in [9.17, 15) is 14.7 Å². The Kier molecular flexibility index (Phi) is 6.20. The first-order chi connectivity index (χ1) is 18.8. The molecule has 1 aliphatic rings. The number of hydrogen-bond donors (Lipinski definition) is 2. The average Bonchev–Trinajstić information content (AvgIpc) is 3.68. The number of benzene rings is 2. The summed E-state index contributed by atoms with van der Waals surface area (Å²) in [5.41, 5.74) is 5.12. The summed E-state index contributed by atoms with van der Waals surface area (Å²) in [6.45, 7) is 0. The summed E-state index contributed by atoms with van der Waals surface area (Å²) in [5.74, 6) is 0.686. The molecule has 2 aromatic carbocycles. The van der Waals surface area contributed by atoms with Gasteiger partial charge in [-0.15, -0.1) is 5.10 Å². The minimum absolute atomic E-state index is 0.147. The lowest BCUT2D eigenvalue weighted by atomic mass is 10.0. The molecule has 6 rings (SSSR count). The van der Waals surface area contributed by atoms with Crippen molar-refractivity contribution in [1.29, 1.82) is 0 Å². The number of hydrogen-bond acceptors (Lipinski definition) is 5. The summed E-state index contributed by atoms with van der Waals surface area (Å²) in [5, 5.41) is 17.9. The Morgan fingerprint density at radius 2 is 1.90 bits per heavy atom. The summed E-state index contributed by atoms with van der Waals surface area (Å²) < 4.78 is 3.33. The van der Waals surface area contributed by atoms with Crippen molar-refractivity contribution in [3.63, 3.8) is 0 Å². The van der Waals surface area contributed by atoms with Gasteiger partial charge in [-0.3, -0.25) is 9.69 Å². The van der Waals surface area contributed by atoms with E-state index in [1.165, 1.54) is 7.05 Å². The van der Waals surface area contributed by atoms with E-state index in [-0.39, 0.29) is 16.8 Å². The van der Waals surface area contributed by atoms with Crippen LogP contribution in [0.2, 0.25) is 10.2 Å². The van der Waals surface area contributed by atoms with Crippen molar-refractivity contribution >= 4 is 35.0 Å². The largest absolute Gasteiger partial charge is 0.465 e. The molecule has 39 heavy (non-hydrogen) atoms. The Balaban J connectivity index is 1.32. The van der Waals surface area contributed by atoms with Crippen LogP contribution in [0.15, 0.2) is 71.8 Å². The van der Waals surface area contributed by atoms with E-state index in [0.29, 0.717) is 28.6 Å². The monoisotopic (exact) mass is 561 g/mol. The van der Waals surface area contributed by atoms with Gasteiger partial charge in [0.05, 0.1) is 29.8 Å². The highest BCUT2D eigenvalue weighted by molar-refractivity contribution is 6.31. The Hall–Kier alpha value is -4.41. The van der Waals surface area contributed by atoms with Gasteiger partial charge in [0.2, 0.25) is 0 Å². The highest BCUT2D eigenvalue weighted by atomic mass is 35.5. The van der Waals surface area contributed by atoms with Gasteiger partial charge in [0, 0.05) is 35.1 Å². The lowest BCUT2D eigenvalue weighted by Gasteiger charge is -2.15. The van der Waals surface area contributed by atoms with Crippen LogP contribution < -0.4 is 10.5 Å². The molecule has 2 N–H and O–H groups in total. The Labute approximate surface area is 232 Å². The van der Waals surface area contributed by atoms with Gasteiger partial charge in [-0.1, -0.05) is 40.5 Å². The fourth-order valence-corrected chi connectivity index (χ4v) is 5.24. The zero-order chi connectivity index (χ0) is 27.3. The fourth-order valence-electron chi connectivity index (χ4n) is 4.94. The molecule has 1 amide bonds. The summed E-state index contributed by atoms with van der Waals surface area (Å²) in [7, 11) is 1.49. The second-order valence-electron chi connectivity index (χ2n) is 9.22. The Morgan fingerprint density at radius 3 is 2.62 bits per heavy atom. The van der Waals surface area contributed by atoms with Crippen LogP contribution >= 0.6 is 23.2 Å². The van der Waals surface area contributed by atoms with Crippen LogP contribution in [0.5, 0.6) is 0 Å². The SMILES string of the molecule is CN(C(=O)O)c1ccc(-c2cnc([C@@H]3CCc4cc(-c5cc(Cl)ccc5-n5cc(Cl)nn5)cc(=O)n43)[nH]2)cc1. The third-order valence-electron chi connectivity index (χ3n) is 6.88. The molecule has 3 aromatic heterocycles. The lowest BCUT2D eigenvalue weighted by Crippen LogP contribution is -2.24. The normalized spacial score (nSPS) is 14.4. The fraction of sp³-hybridized carbons (Fsp3) is 0.148. The maximum Gasteiger partial charge on any atom is 0.411 e. The first-order valence-corrected chi connectivity index (χ1v) is 12.8. The molecule has 5 aromatic rings. The minimum atomic E-state index is -1.03. The van der Waals surface area contributed by atoms with Crippen molar-refractivity contribution in [2.45, 2.75) is 18.9 Å². The number of imidazole rings is 1. The van der Waals surface area contributed by atoms with Crippen molar-refractivity contribution in [3.05, 3.63) is 99.0 Å². The van der Waals surface area contributed by atoms with Gasteiger partial charge in [0.1, 0.15) is 5.82 Å². The van der Waals surface area contributed by atoms with Crippen molar-refractivity contribution in [1.82, 2.24) is 29.5 Å². The molecular weight excluding hydrogens is 541 g/mol. The molecule has 0 aliphatic carbocycles. The molecule has 196 valence electrons. The number of amides is 1. The predicted octanol–water partition coefficient (Wildman–Crippen LogP) is 5.44. The molecule has 12 heteroatoms. The first kappa shape index (κ1) is 24.9. The molecule has 0 saturated heterocycles. The van der Waals surface area contributed by atoms with Crippen molar-refractivity contribution in [2.75, 3.05) is 11.9 Å². The number of fused-ring (bicyclic) bond motifs is 1. The maximum absolute atomic E-state index is 13.4. The Bertz CT molecular complexity index is 1770. The highest BCUT2D eigenvalue weighted by Gasteiger charge is 2.28. The number of nitrogens with zero attached hydrogens (tertiary/aromatic N) is 6. The van der Waals surface area contributed by atoms with Crippen LogP contribution in [-0.2, 0) is 6.42 Å². The number of carbonyl (C=O) groups is 1. The number of halogens is 2. The number of rotatable bonds is 5. The number of carboxylic acid groups (broad SMARTS) is 1. The number of pyridine rings is 1. The lowest BCUT2D eigenvalue weighted by molar-refractivity contribution is 0.203. The summed E-state index contributed by atoms with van der Waals surface area (Å²) in [4.78, 5) is 33.7. The zero-order valence-corrected chi connectivity index (χ0v) is 22.1. The van der Waals surface area contributed by atoms with Crippen molar-refractivity contribution < 1.29 is 9.90 Å². The Morgan fingerprint density at radius 1 is 1.10 bits per heavy atom. The van der Waals surface area contributed by atoms with Gasteiger partial charge in [0.25, 0.3) is 5.56 Å². The van der Waals surface area contributed by atoms with E-state index in [1.807, 2.05) is 24.3 Å². The van der Waals surface area contributed by atoms with Crippen LogP contribution in [0, 0.1) is 0 Å². The third-order valence-corrected chi connectivity index (χ3v) is 7.29.